The first-order valence-corrected chi connectivity index (χ1v) is 6.20. The molecule has 2 aromatic rings. The van der Waals surface area contributed by atoms with Gasteiger partial charge < -0.3 is 5.11 Å². The summed E-state index contributed by atoms with van der Waals surface area (Å²) in [6, 6.07) is 5.90. The van der Waals surface area contributed by atoms with Gasteiger partial charge in [-0.2, -0.15) is 5.10 Å². The van der Waals surface area contributed by atoms with Crippen molar-refractivity contribution in [2.24, 2.45) is 11.8 Å². The Kier molecular flexibility index (Phi) is 3.48. The summed E-state index contributed by atoms with van der Waals surface area (Å²) in [5.41, 5.74) is 1.93. The normalized spacial score (nSPS) is 15.4. The van der Waals surface area contributed by atoms with Crippen LogP contribution in [0.15, 0.2) is 30.6 Å². The van der Waals surface area contributed by atoms with E-state index < -0.39 is 6.10 Å². The van der Waals surface area contributed by atoms with Crippen molar-refractivity contribution in [2.45, 2.75) is 33.3 Å². The van der Waals surface area contributed by atoms with Crippen LogP contribution in [-0.4, -0.2) is 14.7 Å². The van der Waals surface area contributed by atoms with Gasteiger partial charge in [-0.15, -0.1) is 0 Å². The number of pyridine rings is 1. The zero-order chi connectivity index (χ0) is 12.4. The van der Waals surface area contributed by atoms with Crippen LogP contribution in [-0.2, 0) is 0 Å². The topological polar surface area (TPSA) is 37.5 Å². The maximum atomic E-state index is 10.4. The first-order valence-electron chi connectivity index (χ1n) is 6.20. The SMILES string of the molecule is CC(C)CC(C)C(O)c1cnn2ccccc12. The number of aliphatic hydroxyl groups excluding tert-OH is 1. The molecule has 3 nitrogen and oxygen atoms in total. The summed E-state index contributed by atoms with van der Waals surface area (Å²) in [6.07, 6.45) is 4.26. The maximum Gasteiger partial charge on any atom is 0.0852 e. The second-order valence-electron chi connectivity index (χ2n) is 5.18. The Morgan fingerprint density at radius 3 is 2.76 bits per heavy atom. The molecule has 92 valence electrons. The second kappa shape index (κ2) is 4.88. The molecular formula is C14H20N2O. The summed E-state index contributed by atoms with van der Waals surface area (Å²) in [5, 5.41) is 14.6. The van der Waals surface area contributed by atoms with E-state index in [1.807, 2.05) is 24.4 Å². The lowest BCUT2D eigenvalue weighted by atomic mass is 9.90. The summed E-state index contributed by atoms with van der Waals surface area (Å²) < 4.78 is 1.81. The van der Waals surface area contributed by atoms with Crippen LogP contribution in [0.3, 0.4) is 0 Å². The van der Waals surface area contributed by atoms with Gasteiger partial charge in [-0.3, -0.25) is 0 Å². The first kappa shape index (κ1) is 12.1. The number of hydrogen-bond donors (Lipinski definition) is 1. The standard InChI is InChI=1S/C14H20N2O/c1-10(2)8-11(3)14(17)12-9-15-16-7-5-4-6-13(12)16/h4-7,9-11,14,17H,8H2,1-3H3. The van der Waals surface area contributed by atoms with E-state index in [1.54, 1.807) is 10.7 Å². The van der Waals surface area contributed by atoms with E-state index >= 15 is 0 Å². The lowest BCUT2D eigenvalue weighted by Gasteiger charge is -2.19. The molecule has 0 amide bonds. The molecule has 0 saturated carbocycles. The Morgan fingerprint density at radius 2 is 2.06 bits per heavy atom. The van der Waals surface area contributed by atoms with Crippen molar-refractivity contribution in [3.63, 3.8) is 0 Å². The van der Waals surface area contributed by atoms with Crippen LogP contribution in [0.25, 0.3) is 5.52 Å². The molecule has 0 radical (unpaired) electrons. The molecule has 0 fully saturated rings. The molecule has 0 bridgehead atoms. The van der Waals surface area contributed by atoms with E-state index in [0.29, 0.717) is 5.92 Å². The van der Waals surface area contributed by atoms with Gasteiger partial charge in [0.25, 0.3) is 0 Å². The third kappa shape index (κ3) is 2.50. The van der Waals surface area contributed by atoms with Crippen LogP contribution >= 0.6 is 0 Å². The minimum absolute atomic E-state index is 0.253. The molecule has 0 aliphatic carbocycles. The summed E-state index contributed by atoms with van der Waals surface area (Å²) >= 11 is 0. The minimum atomic E-state index is -0.433. The van der Waals surface area contributed by atoms with E-state index in [1.165, 1.54) is 0 Å². The molecular weight excluding hydrogens is 212 g/mol. The molecule has 0 saturated heterocycles. The summed E-state index contributed by atoms with van der Waals surface area (Å²) in [7, 11) is 0. The average Bonchev–Trinajstić information content (AvgIpc) is 2.70. The van der Waals surface area contributed by atoms with Crippen LogP contribution in [0.5, 0.6) is 0 Å². The Labute approximate surface area is 102 Å². The van der Waals surface area contributed by atoms with Gasteiger partial charge in [0.2, 0.25) is 0 Å². The van der Waals surface area contributed by atoms with E-state index in [-0.39, 0.29) is 5.92 Å². The third-order valence-electron chi connectivity index (χ3n) is 3.16. The van der Waals surface area contributed by atoms with E-state index in [9.17, 15) is 5.11 Å². The quantitative estimate of drug-likeness (QED) is 0.879. The van der Waals surface area contributed by atoms with E-state index in [4.69, 9.17) is 0 Å². The molecule has 0 aliphatic heterocycles. The molecule has 2 aromatic heterocycles. The van der Waals surface area contributed by atoms with Gasteiger partial charge >= 0.3 is 0 Å². The molecule has 0 aromatic carbocycles. The largest absolute Gasteiger partial charge is 0.388 e. The Bertz CT molecular complexity index is 490. The molecule has 2 atom stereocenters. The van der Waals surface area contributed by atoms with Crippen LogP contribution in [0.1, 0.15) is 38.9 Å². The number of nitrogens with zero attached hydrogens (tertiary/aromatic N) is 2. The molecule has 0 aliphatic rings. The van der Waals surface area contributed by atoms with Gasteiger partial charge in [0.15, 0.2) is 0 Å². The number of aromatic nitrogens is 2. The number of hydrogen-bond acceptors (Lipinski definition) is 2. The van der Waals surface area contributed by atoms with Crippen LogP contribution in [0, 0.1) is 11.8 Å². The van der Waals surface area contributed by atoms with Crippen molar-refractivity contribution in [1.29, 1.82) is 0 Å². The van der Waals surface area contributed by atoms with Crippen LogP contribution < -0.4 is 0 Å². The Hall–Kier alpha value is -1.35. The summed E-state index contributed by atoms with van der Waals surface area (Å²) in [4.78, 5) is 0. The molecule has 1 N–H and O–H groups in total. The van der Waals surface area contributed by atoms with Crippen molar-refractivity contribution in [2.75, 3.05) is 0 Å². The van der Waals surface area contributed by atoms with Gasteiger partial charge in [-0.25, -0.2) is 4.52 Å². The second-order valence-corrected chi connectivity index (χ2v) is 5.18. The van der Waals surface area contributed by atoms with Gasteiger partial charge in [0.1, 0.15) is 0 Å². The minimum Gasteiger partial charge on any atom is -0.388 e. The fraction of sp³-hybridized carbons (Fsp3) is 0.500. The van der Waals surface area contributed by atoms with E-state index in [2.05, 4.69) is 25.9 Å². The Morgan fingerprint density at radius 1 is 1.29 bits per heavy atom. The van der Waals surface area contributed by atoms with Crippen molar-refractivity contribution < 1.29 is 5.11 Å². The van der Waals surface area contributed by atoms with Crippen LogP contribution in [0.4, 0.5) is 0 Å². The Balaban J connectivity index is 2.27. The maximum absolute atomic E-state index is 10.4. The number of rotatable bonds is 4. The smallest absolute Gasteiger partial charge is 0.0852 e. The first-order chi connectivity index (χ1) is 8.09. The highest BCUT2D eigenvalue weighted by molar-refractivity contribution is 5.54. The highest BCUT2D eigenvalue weighted by Gasteiger charge is 2.20. The highest BCUT2D eigenvalue weighted by atomic mass is 16.3. The average molecular weight is 232 g/mol. The zero-order valence-electron chi connectivity index (χ0n) is 10.7. The van der Waals surface area contributed by atoms with Gasteiger partial charge in [0, 0.05) is 11.8 Å². The lowest BCUT2D eigenvalue weighted by molar-refractivity contribution is 0.106. The fourth-order valence-corrected chi connectivity index (χ4v) is 2.36. The number of aliphatic hydroxyl groups is 1. The van der Waals surface area contributed by atoms with Crippen molar-refractivity contribution >= 4 is 5.52 Å². The number of fused-ring (bicyclic) bond motifs is 1. The van der Waals surface area contributed by atoms with Gasteiger partial charge in [0.05, 0.1) is 17.8 Å². The van der Waals surface area contributed by atoms with E-state index in [0.717, 1.165) is 17.5 Å². The van der Waals surface area contributed by atoms with Crippen molar-refractivity contribution in [3.8, 4) is 0 Å². The lowest BCUT2D eigenvalue weighted by Crippen LogP contribution is -2.11. The summed E-state index contributed by atoms with van der Waals surface area (Å²) in [5.74, 6) is 0.852. The van der Waals surface area contributed by atoms with Crippen molar-refractivity contribution in [1.82, 2.24) is 9.61 Å². The fourth-order valence-electron chi connectivity index (χ4n) is 2.36. The third-order valence-corrected chi connectivity index (χ3v) is 3.16. The monoisotopic (exact) mass is 232 g/mol. The molecule has 17 heavy (non-hydrogen) atoms. The van der Waals surface area contributed by atoms with Gasteiger partial charge in [-0.05, 0) is 30.4 Å². The predicted octanol–water partition coefficient (Wildman–Crippen LogP) is 3.05. The molecule has 0 spiro atoms. The predicted molar refractivity (Wildman–Crippen MR) is 68.8 cm³/mol. The molecule has 2 heterocycles. The van der Waals surface area contributed by atoms with Gasteiger partial charge in [-0.1, -0.05) is 26.8 Å². The van der Waals surface area contributed by atoms with Crippen molar-refractivity contribution in [3.05, 3.63) is 36.2 Å². The van der Waals surface area contributed by atoms with Crippen LogP contribution in [0.2, 0.25) is 0 Å². The highest BCUT2D eigenvalue weighted by Crippen LogP contribution is 2.29. The zero-order valence-corrected chi connectivity index (χ0v) is 10.7. The molecule has 2 unspecified atom stereocenters. The molecule has 2 rings (SSSR count). The summed E-state index contributed by atoms with van der Waals surface area (Å²) in [6.45, 7) is 6.45. The molecule has 3 heteroatoms.